The summed E-state index contributed by atoms with van der Waals surface area (Å²) in [7, 11) is 0. The standard InChI is InChI=1S/C14H19FN2O2/c1-10-9-17(13-5-3-2-4-12(13)15)11(8-16-10)6-7-14(18)19/h2-5,10-11,16H,6-9H2,1H3,(H,18,19). The molecule has 2 rings (SSSR count). The van der Waals surface area contributed by atoms with Crippen LogP contribution in [0.1, 0.15) is 19.8 Å². The van der Waals surface area contributed by atoms with Crippen LogP contribution in [-0.4, -0.2) is 36.2 Å². The molecule has 1 aromatic carbocycles. The number of hydrogen-bond donors (Lipinski definition) is 2. The normalized spacial score (nSPS) is 23.4. The molecule has 0 aliphatic carbocycles. The first-order chi connectivity index (χ1) is 9.08. The summed E-state index contributed by atoms with van der Waals surface area (Å²) >= 11 is 0. The number of aliphatic carboxylic acids is 1. The summed E-state index contributed by atoms with van der Waals surface area (Å²) in [6.07, 6.45) is 0.620. The number of anilines is 1. The summed E-state index contributed by atoms with van der Waals surface area (Å²) in [5, 5.41) is 12.1. The first-order valence-corrected chi connectivity index (χ1v) is 6.54. The first-order valence-electron chi connectivity index (χ1n) is 6.54. The van der Waals surface area contributed by atoms with Crippen LogP contribution in [0.2, 0.25) is 0 Å². The average molecular weight is 266 g/mol. The van der Waals surface area contributed by atoms with Gasteiger partial charge in [0.05, 0.1) is 5.69 Å². The van der Waals surface area contributed by atoms with E-state index in [9.17, 15) is 9.18 Å². The minimum Gasteiger partial charge on any atom is -0.481 e. The molecule has 1 heterocycles. The minimum atomic E-state index is -0.813. The molecule has 1 aromatic rings. The topological polar surface area (TPSA) is 52.6 Å². The van der Waals surface area contributed by atoms with Crippen molar-refractivity contribution in [3.8, 4) is 0 Å². The zero-order valence-electron chi connectivity index (χ0n) is 11.0. The molecule has 2 N–H and O–H groups in total. The molecule has 0 amide bonds. The molecule has 0 radical (unpaired) electrons. The van der Waals surface area contributed by atoms with Gasteiger partial charge in [0.1, 0.15) is 5.82 Å². The van der Waals surface area contributed by atoms with Crippen LogP contribution in [-0.2, 0) is 4.79 Å². The largest absolute Gasteiger partial charge is 0.481 e. The third-order valence-corrected chi connectivity index (χ3v) is 3.47. The number of carbonyl (C=O) groups is 1. The molecule has 1 fully saturated rings. The third-order valence-electron chi connectivity index (χ3n) is 3.47. The van der Waals surface area contributed by atoms with Crippen LogP contribution < -0.4 is 10.2 Å². The fourth-order valence-corrected chi connectivity index (χ4v) is 2.48. The van der Waals surface area contributed by atoms with Gasteiger partial charge in [-0.15, -0.1) is 0 Å². The third kappa shape index (κ3) is 3.44. The van der Waals surface area contributed by atoms with E-state index < -0.39 is 5.97 Å². The van der Waals surface area contributed by atoms with Crippen molar-refractivity contribution in [3.05, 3.63) is 30.1 Å². The molecular formula is C14H19FN2O2. The Hall–Kier alpha value is -1.62. The fourth-order valence-electron chi connectivity index (χ4n) is 2.48. The second-order valence-corrected chi connectivity index (χ2v) is 5.00. The van der Waals surface area contributed by atoms with Crippen LogP contribution in [0.3, 0.4) is 0 Å². The minimum absolute atomic E-state index is 0.0178. The zero-order valence-corrected chi connectivity index (χ0v) is 11.0. The lowest BCUT2D eigenvalue weighted by Gasteiger charge is -2.41. The van der Waals surface area contributed by atoms with Gasteiger partial charge in [-0.2, -0.15) is 0 Å². The molecule has 1 saturated heterocycles. The average Bonchev–Trinajstić information content (AvgIpc) is 2.37. The molecule has 1 aliphatic rings. The van der Waals surface area contributed by atoms with Crippen LogP contribution in [0.4, 0.5) is 10.1 Å². The van der Waals surface area contributed by atoms with Gasteiger partial charge in [-0.25, -0.2) is 4.39 Å². The monoisotopic (exact) mass is 266 g/mol. The number of hydrogen-bond acceptors (Lipinski definition) is 3. The van der Waals surface area contributed by atoms with Crippen molar-refractivity contribution >= 4 is 11.7 Å². The van der Waals surface area contributed by atoms with Crippen molar-refractivity contribution in [2.75, 3.05) is 18.0 Å². The summed E-state index contributed by atoms with van der Waals surface area (Å²) in [6.45, 7) is 3.41. The van der Waals surface area contributed by atoms with Crippen LogP contribution in [0, 0.1) is 5.82 Å². The second kappa shape index (κ2) is 6.02. The lowest BCUT2D eigenvalue weighted by atomic mass is 10.0. The Labute approximate surface area is 112 Å². The summed E-state index contributed by atoms with van der Waals surface area (Å²) in [5.41, 5.74) is 0.561. The van der Waals surface area contributed by atoms with Crippen molar-refractivity contribution in [3.63, 3.8) is 0 Å². The maximum absolute atomic E-state index is 13.9. The molecule has 0 aromatic heterocycles. The Balaban J connectivity index is 2.17. The Kier molecular flexibility index (Phi) is 4.37. The molecule has 0 bridgehead atoms. The first kappa shape index (κ1) is 13.8. The molecule has 104 valence electrons. The lowest BCUT2D eigenvalue weighted by Crippen LogP contribution is -2.56. The summed E-state index contributed by atoms with van der Waals surface area (Å²) in [6, 6.07) is 6.94. The van der Waals surface area contributed by atoms with E-state index in [0.717, 1.165) is 0 Å². The Morgan fingerprint density at radius 3 is 2.95 bits per heavy atom. The lowest BCUT2D eigenvalue weighted by molar-refractivity contribution is -0.137. The van der Waals surface area contributed by atoms with E-state index in [1.165, 1.54) is 6.07 Å². The number of piperazine rings is 1. The maximum atomic E-state index is 13.9. The van der Waals surface area contributed by atoms with Crippen LogP contribution in [0.15, 0.2) is 24.3 Å². The van der Waals surface area contributed by atoms with Gasteiger partial charge >= 0.3 is 5.97 Å². The predicted octanol–water partition coefficient (Wildman–Crippen LogP) is 1.86. The van der Waals surface area contributed by atoms with E-state index in [2.05, 4.69) is 5.32 Å². The van der Waals surface area contributed by atoms with E-state index in [1.807, 2.05) is 11.8 Å². The van der Waals surface area contributed by atoms with Crippen LogP contribution in [0.25, 0.3) is 0 Å². The van der Waals surface area contributed by atoms with Crippen molar-refractivity contribution in [1.82, 2.24) is 5.32 Å². The van der Waals surface area contributed by atoms with Gasteiger partial charge < -0.3 is 15.3 Å². The van der Waals surface area contributed by atoms with Crippen LogP contribution in [0.5, 0.6) is 0 Å². The number of carboxylic acids is 1. The van der Waals surface area contributed by atoms with E-state index in [0.29, 0.717) is 25.2 Å². The van der Waals surface area contributed by atoms with Crippen molar-refractivity contribution < 1.29 is 14.3 Å². The number of halogens is 1. The molecule has 1 aliphatic heterocycles. The number of nitrogens with one attached hydrogen (secondary N) is 1. The highest BCUT2D eigenvalue weighted by Gasteiger charge is 2.27. The number of benzene rings is 1. The van der Waals surface area contributed by atoms with E-state index in [1.54, 1.807) is 18.2 Å². The quantitative estimate of drug-likeness (QED) is 0.873. The highest BCUT2D eigenvalue weighted by Crippen LogP contribution is 2.24. The smallest absolute Gasteiger partial charge is 0.303 e. The molecule has 4 nitrogen and oxygen atoms in total. The molecule has 2 unspecified atom stereocenters. The van der Waals surface area contributed by atoms with Crippen molar-refractivity contribution in [1.29, 1.82) is 0 Å². The Morgan fingerprint density at radius 2 is 2.26 bits per heavy atom. The van der Waals surface area contributed by atoms with Crippen LogP contribution >= 0.6 is 0 Å². The van der Waals surface area contributed by atoms with E-state index in [4.69, 9.17) is 5.11 Å². The number of rotatable bonds is 4. The van der Waals surface area contributed by atoms with E-state index in [-0.39, 0.29) is 24.3 Å². The molecule has 0 spiro atoms. The number of nitrogens with zero attached hydrogens (tertiary/aromatic N) is 1. The second-order valence-electron chi connectivity index (χ2n) is 5.00. The highest BCUT2D eigenvalue weighted by atomic mass is 19.1. The molecule has 19 heavy (non-hydrogen) atoms. The predicted molar refractivity (Wildman–Crippen MR) is 71.9 cm³/mol. The van der Waals surface area contributed by atoms with Gasteiger partial charge in [0.2, 0.25) is 0 Å². The molecular weight excluding hydrogens is 247 g/mol. The van der Waals surface area contributed by atoms with Gasteiger partial charge in [-0.1, -0.05) is 12.1 Å². The zero-order chi connectivity index (χ0) is 13.8. The highest BCUT2D eigenvalue weighted by molar-refractivity contribution is 5.66. The fraction of sp³-hybridized carbons (Fsp3) is 0.500. The van der Waals surface area contributed by atoms with Gasteiger partial charge in [-0.3, -0.25) is 4.79 Å². The SMILES string of the molecule is CC1CN(c2ccccc2F)C(CCC(=O)O)CN1. The molecule has 0 saturated carbocycles. The number of carboxylic acid groups (broad SMARTS) is 1. The van der Waals surface area contributed by atoms with Crippen molar-refractivity contribution in [2.45, 2.75) is 31.8 Å². The molecule has 2 atom stereocenters. The summed E-state index contributed by atoms with van der Waals surface area (Å²) in [4.78, 5) is 12.7. The summed E-state index contributed by atoms with van der Waals surface area (Å²) < 4.78 is 13.9. The maximum Gasteiger partial charge on any atom is 0.303 e. The molecule has 5 heteroatoms. The Morgan fingerprint density at radius 1 is 1.53 bits per heavy atom. The number of para-hydroxylation sites is 1. The van der Waals surface area contributed by atoms with Gasteiger partial charge in [-0.05, 0) is 25.5 Å². The van der Waals surface area contributed by atoms with Crippen molar-refractivity contribution in [2.24, 2.45) is 0 Å². The van der Waals surface area contributed by atoms with E-state index >= 15 is 0 Å². The van der Waals surface area contributed by atoms with Gasteiger partial charge in [0.15, 0.2) is 0 Å². The van der Waals surface area contributed by atoms with Gasteiger partial charge in [0, 0.05) is 31.6 Å². The van der Waals surface area contributed by atoms with Gasteiger partial charge in [0.25, 0.3) is 0 Å². The summed E-state index contributed by atoms with van der Waals surface area (Å²) in [5.74, 6) is -1.07. The Bertz CT molecular complexity index is 453.